The van der Waals surface area contributed by atoms with Gasteiger partial charge in [-0.2, -0.15) is 0 Å². The summed E-state index contributed by atoms with van der Waals surface area (Å²) < 4.78 is 6.62. The molecule has 5 heteroatoms. The zero-order valence-corrected chi connectivity index (χ0v) is 16.7. The number of carboxylic acids is 1. The fourth-order valence-electron chi connectivity index (χ4n) is 8.66. The van der Waals surface area contributed by atoms with Crippen molar-refractivity contribution in [2.75, 3.05) is 0 Å². The van der Waals surface area contributed by atoms with Crippen LogP contribution in [-0.2, 0) is 14.3 Å². The van der Waals surface area contributed by atoms with E-state index in [4.69, 9.17) is 4.74 Å². The summed E-state index contributed by atoms with van der Waals surface area (Å²) in [4.78, 5) is 23.3. The molecule has 0 aromatic heterocycles. The van der Waals surface area contributed by atoms with Crippen molar-refractivity contribution in [1.29, 1.82) is 0 Å². The quantitative estimate of drug-likeness (QED) is 0.728. The van der Waals surface area contributed by atoms with Gasteiger partial charge >= 0.3 is 5.97 Å². The molecule has 1 saturated heterocycles. The largest absolute Gasteiger partial charge is 0.481 e. The van der Waals surface area contributed by atoms with Gasteiger partial charge in [0, 0.05) is 23.7 Å². The number of epoxide rings is 1. The molecule has 4 saturated carbocycles. The number of aliphatic hydroxyl groups is 1. The molecule has 5 nitrogen and oxygen atoms in total. The SMILES string of the molecule is CC12C[C@@H]3OC34[C@@H]([C@H]3C[C@H]3C3=CC(=O)CC[C@@]34C)[C@@H]1CC[C@@]2(O)CCC(=O)O. The molecule has 6 aliphatic rings. The minimum atomic E-state index is -0.905. The van der Waals surface area contributed by atoms with Crippen LogP contribution in [0.4, 0.5) is 0 Å². The Labute approximate surface area is 165 Å². The lowest BCUT2D eigenvalue weighted by atomic mass is 9.46. The third-order valence-corrected chi connectivity index (χ3v) is 10.2. The number of carbonyl (C=O) groups excluding carboxylic acids is 1. The minimum Gasteiger partial charge on any atom is -0.481 e. The van der Waals surface area contributed by atoms with E-state index in [-0.39, 0.29) is 34.7 Å². The van der Waals surface area contributed by atoms with Gasteiger partial charge in [-0.1, -0.05) is 19.4 Å². The second kappa shape index (κ2) is 4.92. The Morgan fingerprint density at radius 1 is 1.32 bits per heavy atom. The average molecular weight is 386 g/mol. The molecule has 152 valence electrons. The summed E-state index contributed by atoms with van der Waals surface area (Å²) >= 11 is 0. The van der Waals surface area contributed by atoms with Gasteiger partial charge in [0.2, 0.25) is 0 Å². The number of hydrogen-bond donors (Lipinski definition) is 2. The molecule has 9 atom stereocenters. The number of aliphatic carboxylic acids is 1. The Morgan fingerprint density at radius 3 is 2.86 bits per heavy atom. The van der Waals surface area contributed by atoms with Crippen molar-refractivity contribution >= 4 is 11.8 Å². The first kappa shape index (κ1) is 17.6. The maximum absolute atomic E-state index is 12.1. The van der Waals surface area contributed by atoms with Gasteiger partial charge in [-0.25, -0.2) is 0 Å². The highest BCUT2D eigenvalue weighted by Crippen LogP contribution is 2.82. The van der Waals surface area contributed by atoms with E-state index in [0.717, 1.165) is 25.7 Å². The molecular formula is C23H30O5. The summed E-state index contributed by atoms with van der Waals surface area (Å²) in [5, 5.41) is 20.8. The number of fused-ring (bicyclic) bond motifs is 6. The van der Waals surface area contributed by atoms with Gasteiger partial charge in [0.15, 0.2) is 5.78 Å². The second-order valence-electron chi connectivity index (χ2n) is 11.0. The summed E-state index contributed by atoms with van der Waals surface area (Å²) in [5.41, 5.74) is -0.0168. The number of rotatable bonds is 3. The first-order chi connectivity index (χ1) is 13.2. The molecule has 5 aliphatic carbocycles. The normalized spacial score (nSPS) is 57.9. The number of ketones is 1. The van der Waals surface area contributed by atoms with Crippen LogP contribution < -0.4 is 0 Å². The molecular weight excluding hydrogens is 356 g/mol. The van der Waals surface area contributed by atoms with Gasteiger partial charge in [0.25, 0.3) is 0 Å². The summed E-state index contributed by atoms with van der Waals surface area (Å²) in [7, 11) is 0. The predicted octanol–water partition coefficient (Wildman–Crippen LogP) is 3.10. The summed E-state index contributed by atoms with van der Waals surface area (Å²) in [6.07, 6.45) is 7.59. The van der Waals surface area contributed by atoms with Crippen LogP contribution in [0.5, 0.6) is 0 Å². The number of carbonyl (C=O) groups is 2. The van der Waals surface area contributed by atoms with Crippen molar-refractivity contribution in [2.45, 2.75) is 82.5 Å². The van der Waals surface area contributed by atoms with Crippen LogP contribution in [0.25, 0.3) is 0 Å². The Hall–Kier alpha value is -1.20. The van der Waals surface area contributed by atoms with E-state index in [1.165, 1.54) is 5.57 Å². The van der Waals surface area contributed by atoms with E-state index >= 15 is 0 Å². The van der Waals surface area contributed by atoms with E-state index in [2.05, 4.69) is 13.8 Å². The summed E-state index contributed by atoms with van der Waals surface area (Å²) in [6.45, 7) is 4.54. The fourth-order valence-corrected chi connectivity index (χ4v) is 8.66. The Kier molecular flexibility index (Phi) is 3.10. The molecule has 2 unspecified atom stereocenters. The predicted molar refractivity (Wildman–Crippen MR) is 100 cm³/mol. The highest BCUT2D eigenvalue weighted by Gasteiger charge is 2.84. The Bertz CT molecular complexity index is 833. The Morgan fingerprint density at radius 2 is 2.11 bits per heavy atom. The van der Waals surface area contributed by atoms with Crippen LogP contribution >= 0.6 is 0 Å². The van der Waals surface area contributed by atoms with Crippen molar-refractivity contribution in [3.8, 4) is 0 Å². The van der Waals surface area contributed by atoms with Gasteiger partial charge in [-0.3, -0.25) is 9.59 Å². The van der Waals surface area contributed by atoms with Crippen molar-refractivity contribution in [1.82, 2.24) is 0 Å². The molecule has 0 aromatic rings. The molecule has 0 amide bonds. The van der Waals surface area contributed by atoms with Crippen molar-refractivity contribution in [3.05, 3.63) is 11.6 Å². The molecule has 2 N–H and O–H groups in total. The fraction of sp³-hybridized carbons (Fsp3) is 0.826. The maximum Gasteiger partial charge on any atom is 0.303 e. The van der Waals surface area contributed by atoms with Crippen LogP contribution in [0.1, 0.15) is 65.2 Å². The van der Waals surface area contributed by atoms with Gasteiger partial charge in [-0.15, -0.1) is 0 Å². The third-order valence-electron chi connectivity index (χ3n) is 10.2. The topological polar surface area (TPSA) is 87.1 Å². The van der Waals surface area contributed by atoms with Crippen molar-refractivity contribution < 1.29 is 24.5 Å². The number of hydrogen-bond acceptors (Lipinski definition) is 4. The van der Waals surface area contributed by atoms with E-state index < -0.39 is 11.6 Å². The van der Waals surface area contributed by atoms with Crippen LogP contribution in [0.3, 0.4) is 0 Å². The molecule has 0 aromatic carbocycles. The van der Waals surface area contributed by atoms with Gasteiger partial charge < -0.3 is 14.9 Å². The minimum absolute atomic E-state index is 0.0267. The zero-order chi connectivity index (χ0) is 19.7. The molecule has 0 bridgehead atoms. The first-order valence-electron chi connectivity index (χ1n) is 11.0. The molecule has 0 radical (unpaired) electrons. The highest BCUT2D eigenvalue weighted by molar-refractivity contribution is 5.92. The lowest BCUT2D eigenvalue weighted by Crippen LogP contribution is -2.60. The second-order valence-corrected chi connectivity index (χ2v) is 11.0. The van der Waals surface area contributed by atoms with E-state index in [1.54, 1.807) is 0 Å². The highest BCUT2D eigenvalue weighted by atomic mass is 16.6. The zero-order valence-electron chi connectivity index (χ0n) is 16.7. The average Bonchev–Trinajstić information content (AvgIpc) is 3.52. The van der Waals surface area contributed by atoms with E-state index in [0.29, 0.717) is 42.9 Å². The van der Waals surface area contributed by atoms with Gasteiger partial charge in [0.05, 0.1) is 11.7 Å². The van der Waals surface area contributed by atoms with Gasteiger partial charge in [0.1, 0.15) is 5.60 Å². The smallest absolute Gasteiger partial charge is 0.303 e. The van der Waals surface area contributed by atoms with Crippen molar-refractivity contribution in [3.63, 3.8) is 0 Å². The van der Waals surface area contributed by atoms with Crippen molar-refractivity contribution in [2.24, 2.45) is 34.5 Å². The lowest BCUT2D eigenvalue weighted by molar-refractivity contribution is -0.144. The number of carboxylic acid groups (broad SMARTS) is 1. The van der Waals surface area contributed by atoms with Gasteiger partial charge in [-0.05, 0) is 68.3 Å². The molecule has 6 rings (SSSR count). The molecule has 5 fully saturated rings. The molecule has 28 heavy (non-hydrogen) atoms. The number of ether oxygens (including phenoxy) is 1. The lowest BCUT2D eigenvalue weighted by Gasteiger charge is -2.56. The molecule has 1 heterocycles. The molecule has 1 spiro atoms. The Balaban J connectivity index is 1.40. The standard InChI is InChI=1S/C23H30O5/c1-20-6-3-12(24)9-16(20)13-10-14(13)19-15-4-7-22(27,8-5-18(25)26)21(15,2)11-17-23(19,20)28-17/h9,13-15,17,19,27H,3-8,10-11H2,1-2H3,(H,25,26)/t13-,14+,15+,17+,19+,20+,21?,22-,23?/m1/s1. The third kappa shape index (κ3) is 1.78. The summed E-state index contributed by atoms with van der Waals surface area (Å²) in [6, 6.07) is 0. The van der Waals surface area contributed by atoms with Crippen LogP contribution in [0, 0.1) is 34.5 Å². The van der Waals surface area contributed by atoms with E-state index in [9.17, 15) is 19.8 Å². The summed E-state index contributed by atoms with van der Waals surface area (Å²) in [5.74, 6) is 1.36. The van der Waals surface area contributed by atoms with Crippen LogP contribution in [-0.4, -0.2) is 39.3 Å². The van der Waals surface area contributed by atoms with E-state index in [1.807, 2.05) is 6.08 Å². The van der Waals surface area contributed by atoms with Crippen LogP contribution in [0.15, 0.2) is 11.6 Å². The maximum atomic E-state index is 12.1. The first-order valence-corrected chi connectivity index (χ1v) is 11.0. The van der Waals surface area contributed by atoms with Crippen LogP contribution in [0.2, 0.25) is 0 Å². The molecule has 1 aliphatic heterocycles. The monoisotopic (exact) mass is 386 g/mol.